The summed E-state index contributed by atoms with van der Waals surface area (Å²) in [4.78, 5) is 17.4. The fourth-order valence-electron chi connectivity index (χ4n) is 3.50. The van der Waals surface area contributed by atoms with Gasteiger partial charge in [0.1, 0.15) is 11.3 Å². The van der Waals surface area contributed by atoms with Gasteiger partial charge in [0.25, 0.3) is 0 Å². The van der Waals surface area contributed by atoms with Crippen molar-refractivity contribution in [1.29, 1.82) is 0 Å². The molecule has 6 heteroatoms. The summed E-state index contributed by atoms with van der Waals surface area (Å²) in [5.41, 5.74) is 0.923. The zero-order valence-electron chi connectivity index (χ0n) is 14.8. The number of hydrogen-bond donors (Lipinski definition) is 1. The molecule has 0 spiro atoms. The average Bonchev–Trinajstić information content (AvgIpc) is 3.19. The Morgan fingerprint density at radius 3 is 2.54 bits per heavy atom. The van der Waals surface area contributed by atoms with E-state index in [0.29, 0.717) is 34.6 Å². The maximum atomic E-state index is 12.8. The molecule has 1 N–H and O–H groups in total. The van der Waals surface area contributed by atoms with Gasteiger partial charge < -0.3 is 18.8 Å². The molecule has 6 nitrogen and oxygen atoms in total. The third-order valence-electron chi connectivity index (χ3n) is 5.04. The first-order valence-electron chi connectivity index (χ1n) is 8.93. The van der Waals surface area contributed by atoms with Crippen molar-refractivity contribution in [2.45, 2.75) is 13.5 Å². The Kier molecular flexibility index (Phi) is 4.53. The van der Waals surface area contributed by atoms with Crippen LogP contribution in [0.4, 0.5) is 0 Å². The van der Waals surface area contributed by atoms with Gasteiger partial charge in [-0.1, -0.05) is 6.92 Å². The Bertz CT molecular complexity index is 954. The van der Waals surface area contributed by atoms with E-state index in [4.69, 9.17) is 8.83 Å². The van der Waals surface area contributed by atoms with Crippen molar-refractivity contribution in [2.75, 3.05) is 32.7 Å². The van der Waals surface area contributed by atoms with E-state index in [0.717, 1.165) is 32.7 Å². The lowest BCUT2D eigenvalue weighted by atomic mass is 10.1. The number of benzene rings is 1. The van der Waals surface area contributed by atoms with Gasteiger partial charge in [-0.25, -0.2) is 0 Å². The number of fused-ring (bicyclic) bond motifs is 1. The quantitative estimate of drug-likeness (QED) is 0.777. The molecule has 1 aliphatic heterocycles. The van der Waals surface area contributed by atoms with E-state index in [2.05, 4.69) is 16.7 Å². The van der Waals surface area contributed by atoms with E-state index in [-0.39, 0.29) is 11.2 Å². The maximum Gasteiger partial charge on any atom is 0.193 e. The molecule has 0 saturated carbocycles. The summed E-state index contributed by atoms with van der Waals surface area (Å²) in [6.45, 7) is 7.57. The van der Waals surface area contributed by atoms with Crippen LogP contribution in [0.5, 0.6) is 5.75 Å². The fraction of sp³-hybridized carbons (Fsp3) is 0.350. The summed E-state index contributed by atoms with van der Waals surface area (Å²) in [5, 5.41) is 10.8. The molecular weight excluding hydrogens is 332 g/mol. The van der Waals surface area contributed by atoms with Gasteiger partial charge >= 0.3 is 0 Å². The summed E-state index contributed by atoms with van der Waals surface area (Å²) >= 11 is 0. The van der Waals surface area contributed by atoms with Gasteiger partial charge in [-0.15, -0.1) is 0 Å². The predicted molar refractivity (Wildman–Crippen MR) is 99.2 cm³/mol. The van der Waals surface area contributed by atoms with E-state index in [1.54, 1.807) is 24.3 Å². The Morgan fingerprint density at radius 2 is 1.85 bits per heavy atom. The minimum absolute atomic E-state index is 0.133. The molecule has 3 aromatic rings. The molecule has 136 valence electrons. The molecular formula is C20H22N2O4. The first-order valence-corrected chi connectivity index (χ1v) is 8.93. The topological polar surface area (TPSA) is 70.1 Å². The van der Waals surface area contributed by atoms with Gasteiger partial charge in [0.2, 0.25) is 0 Å². The van der Waals surface area contributed by atoms with Crippen molar-refractivity contribution < 1.29 is 13.9 Å². The van der Waals surface area contributed by atoms with Crippen LogP contribution in [-0.4, -0.2) is 47.6 Å². The van der Waals surface area contributed by atoms with Crippen LogP contribution in [0.1, 0.15) is 12.5 Å². The van der Waals surface area contributed by atoms with E-state index in [9.17, 15) is 9.90 Å². The predicted octanol–water partition coefficient (Wildman–Crippen LogP) is 2.90. The zero-order chi connectivity index (χ0) is 18.1. The number of rotatable bonds is 4. The normalized spacial score (nSPS) is 16.3. The van der Waals surface area contributed by atoms with E-state index in [1.807, 2.05) is 0 Å². The molecule has 3 heterocycles. The molecule has 1 fully saturated rings. The molecule has 1 saturated heterocycles. The highest BCUT2D eigenvalue weighted by atomic mass is 16.4. The van der Waals surface area contributed by atoms with Crippen molar-refractivity contribution in [3.05, 3.63) is 52.4 Å². The second kappa shape index (κ2) is 6.97. The van der Waals surface area contributed by atoms with Gasteiger partial charge in [-0.05, 0) is 30.8 Å². The number of furan rings is 1. The highest BCUT2D eigenvalue weighted by Crippen LogP contribution is 2.29. The molecule has 26 heavy (non-hydrogen) atoms. The van der Waals surface area contributed by atoms with Crippen LogP contribution < -0.4 is 5.43 Å². The Morgan fingerprint density at radius 1 is 1.08 bits per heavy atom. The number of phenolic OH excluding ortho intramolecular Hbond substituents is 1. The Hall–Kier alpha value is -2.57. The molecule has 1 aromatic carbocycles. The van der Waals surface area contributed by atoms with Crippen molar-refractivity contribution in [1.82, 2.24) is 9.80 Å². The fourth-order valence-corrected chi connectivity index (χ4v) is 3.50. The molecule has 0 radical (unpaired) electrons. The lowest BCUT2D eigenvalue weighted by molar-refractivity contribution is 0.131. The highest BCUT2D eigenvalue weighted by molar-refractivity contribution is 5.84. The third kappa shape index (κ3) is 3.13. The van der Waals surface area contributed by atoms with Gasteiger partial charge in [-0.3, -0.25) is 9.69 Å². The van der Waals surface area contributed by atoms with E-state index < -0.39 is 0 Å². The lowest BCUT2D eigenvalue weighted by Crippen LogP contribution is -2.45. The van der Waals surface area contributed by atoms with Crippen molar-refractivity contribution >= 4 is 11.0 Å². The number of likely N-dealkylation sites (N-methyl/N-ethyl adjacent to an activating group) is 1. The van der Waals surface area contributed by atoms with Crippen LogP contribution in [0.2, 0.25) is 0 Å². The van der Waals surface area contributed by atoms with E-state index >= 15 is 0 Å². The van der Waals surface area contributed by atoms with Gasteiger partial charge in [0, 0.05) is 44.4 Å². The Balaban J connectivity index is 1.70. The molecule has 0 unspecified atom stereocenters. The second-order valence-electron chi connectivity index (χ2n) is 6.60. The Labute approximate surface area is 151 Å². The van der Waals surface area contributed by atoms with Crippen LogP contribution in [0.15, 0.2) is 50.2 Å². The van der Waals surface area contributed by atoms with Gasteiger partial charge in [0.05, 0.1) is 11.6 Å². The number of aromatic hydroxyl groups is 1. The third-order valence-corrected chi connectivity index (χ3v) is 5.04. The first-order chi connectivity index (χ1) is 12.7. The number of piperazine rings is 1. The maximum absolute atomic E-state index is 12.8. The van der Waals surface area contributed by atoms with Crippen LogP contribution in [0.25, 0.3) is 22.5 Å². The van der Waals surface area contributed by atoms with Crippen LogP contribution in [0.3, 0.4) is 0 Å². The SMILES string of the molecule is CCN1CCN(Cc2c(O)ccc3oc(-c4ccco4)cc(=O)c23)CC1. The van der Waals surface area contributed by atoms with Crippen molar-refractivity contribution in [3.8, 4) is 17.3 Å². The summed E-state index contributed by atoms with van der Waals surface area (Å²) in [6, 6.07) is 8.15. The zero-order valence-corrected chi connectivity index (χ0v) is 14.8. The van der Waals surface area contributed by atoms with Gasteiger partial charge in [0.15, 0.2) is 16.9 Å². The summed E-state index contributed by atoms with van der Waals surface area (Å²) < 4.78 is 11.2. The monoisotopic (exact) mass is 354 g/mol. The largest absolute Gasteiger partial charge is 0.508 e. The minimum atomic E-state index is -0.171. The van der Waals surface area contributed by atoms with Crippen molar-refractivity contribution in [2.24, 2.45) is 0 Å². The molecule has 0 atom stereocenters. The summed E-state index contributed by atoms with van der Waals surface area (Å²) in [7, 11) is 0. The second-order valence-corrected chi connectivity index (χ2v) is 6.60. The first kappa shape index (κ1) is 16.9. The molecule has 0 aliphatic carbocycles. The average molecular weight is 354 g/mol. The van der Waals surface area contributed by atoms with Crippen molar-refractivity contribution in [3.63, 3.8) is 0 Å². The van der Waals surface area contributed by atoms with Crippen LogP contribution in [0, 0.1) is 0 Å². The minimum Gasteiger partial charge on any atom is -0.508 e. The molecule has 0 bridgehead atoms. The molecule has 4 rings (SSSR count). The van der Waals surface area contributed by atoms with Gasteiger partial charge in [-0.2, -0.15) is 0 Å². The summed E-state index contributed by atoms with van der Waals surface area (Å²) in [5.74, 6) is 1.03. The highest BCUT2D eigenvalue weighted by Gasteiger charge is 2.20. The standard InChI is InChI=1S/C20H22N2O4/c1-2-21-7-9-22(10-8-21)13-14-15(23)5-6-18-20(14)16(24)12-19(26-18)17-4-3-11-25-17/h3-6,11-12,23H,2,7-10,13H2,1H3. The van der Waals surface area contributed by atoms with E-state index in [1.165, 1.54) is 12.3 Å². The number of hydrogen-bond acceptors (Lipinski definition) is 6. The molecule has 0 amide bonds. The number of phenols is 1. The van der Waals surface area contributed by atoms with Crippen LogP contribution >= 0.6 is 0 Å². The summed E-state index contributed by atoms with van der Waals surface area (Å²) in [6.07, 6.45) is 1.54. The smallest absolute Gasteiger partial charge is 0.193 e. The lowest BCUT2D eigenvalue weighted by Gasteiger charge is -2.34. The van der Waals surface area contributed by atoms with Crippen LogP contribution in [-0.2, 0) is 6.54 Å². The number of nitrogens with zero attached hydrogens (tertiary/aromatic N) is 2. The molecule has 2 aromatic heterocycles. The molecule has 1 aliphatic rings.